The van der Waals surface area contributed by atoms with Crippen LogP contribution in [0.2, 0.25) is 0 Å². The number of oxazole rings is 2. The van der Waals surface area contributed by atoms with Gasteiger partial charge in [-0.05, 0) is 46.2 Å². The van der Waals surface area contributed by atoms with Gasteiger partial charge in [0.1, 0.15) is 11.0 Å². The maximum absolute atomic E-state index is 13.0. The normalized spacial score (nSPS) is 15.2. The number of aromatic nitrogens is 2. The lowest BCUT2D eigenvalue weighted by molar-refractivity contribution is -0.112. The number of ketones is 2. The first-order chi connectivity index (χ1) is 15.9. The lowest BCUT2D eigenvalue weighted by Crippen LogP contribution is -2.12. The van der Waals surface area contributed by atoms with Crippen molar-refractivity contribution in [3.05, 3.63) is 71.5 Å². The summed E-state index contributed by atoms with van der Waals surface area (Å²) in [6, 6.07) is 11.5. The molecule has 172 valence electrons. The summed E-state index contributed by atoms with van der Waals surface area (Å²) in [5, 5.41) is 0. The van der Waals surface area contributed by atoms with E-state index in [0.29, 0.717) is 22.2 Å². The summed E-state index contributed by atoms with van der Waals surface area (Å²) in [5.41, 5.74) is 4.77. The molecule has 1 aliphatic carbocycles. The number of hydrogen-bond donors (Lipinski definition) is 0. The van der Waals surface area contributed by atoms with Crippen molar-refractivity contribution in [3.8, 4) is 0 Å². The van der Waals surface area contributed by atoms with Crippen LogP contribution in [0, 0.1) is 0 Å². The van der Waals surface area contributed by atoms with Gasteiger partial charge < -0.3 is 8.83 Å². The first kappa shape index (κ1) is 22.0. The highest BCUT2D eigenvalue weighted by atomic mass is 16.4. The van der Waals surface area contributed by atoms with Crippen molar-refractivity contribution in [3.63, 3.8) is 0 Å². The van der Waals surface area contributed by atoms with Crippen molar-refractivity contribution < 1.29 is 18.4 Å². The Labute approximate surface area is 197 Å². The molecule has 0 radical (unpaired) electrons. The first-order valence-corrected chi connectivity index (χ1v) is 11.2. The largest absolute Gasteiger partial charge is 0.436 e. The lowest BCUT2D eigenvalue weighted by Gasteiger charge is -2.18. The second-order valence-electron chi connectivity index (χ2n) is 10.7. The van der Waals surface area contributed by atoms with Crippen LogP contribution < -0.4 is 0 Å². The van der Waals surface area contributed by atoms with E-state index in [1.54, 1.807) is 0 Å². The Morgan fingerprint density at radius 1 is 0.618 bits per heavy atom. The molecular weight excluding hydrogens is 428 g/mol. The van der Waals surface area contributed by atoms with Gasteiger partial charge in [0.2, 0.25) is 11.8 Å². The highest BCUT2D eigenvalue weighted by Gasteiger charge is 2.29. The molecule has 0 bridgehead atoms. The third kappa shape index (κ3) is 3.79. The van der Waals surface area contributed by atoms with E-state index in [4.69, 9.17) is 8.83 Å². The minimum atomic E-state index is -0.380. The van der Waals surface area contributed by atoms with Crippen LogP contribution in [0.15, 0.2) is 57.4 Å². The molecular formula is C28H26N2O4. The summed E-state index contributed by atoms with van der Waals surface area (Å²) in [7, 11) is 0. The van der Waals surface area contributed by atoms with Crippen LogP contribution in [0.4, 0.5) is 0 Å². The van der Waals surface area contributed by atoms with Gasteiger partial charge in [0, 0.05) is 12.2 Å². The molecule has 0 N–H and O–H groups in total. The van der Waals surface area contributed by atoms with Crippen molar-refractivity contribution in [2.24, 2.45) is 0 Å². The molecule has 0 saturated heterocycles. The Kier molecular flexibility index (Phi) is 4.76. The monoisotopic (exact) mass is 454 g/mol. The maximum atomic E-state index is 13.0. The number of carbonyl (C=O) groups excluding carboxylic acids is 2. The van der Waals surface area contributed by atoms with Crippen LogP contribution in [0.5, 0.6) is 0 Å². The summed E-state index contributed by atoms with van der Waals surface area (Å²) in [6.07, 6.45) is 2.50. The van der Waals surface area contributed by atoms with E-state index >= 15 is 0 Å². The van der Waals surface area contributed by atoms with Gasteiger partial charge in [-0.3, -0.25) is 9.59 Å². The summed E-state index contributed by atoms with van der Waals surface area (Å²) < 4.78 is 11.6. The highest BCUT2D eigenvalue weighted by Crippen LogP contribution is 2.32. The molecule has 6 heteroatoms. The van der Waals surface area contributed by atoms with Gasteiger partial charge in [-0.25, -0.2) is 9.97 Å². The second-order valence-corrected chi connectivity index (χ2v) is 10.7. The second kappa shape index (κ2) is 7.35. The van der Waals surface area contributed by atoms with Gasteiger partial charge in [-0.1, -0.05) is 53.7 Å². The van der Waals surface area contributed by atoms with E-state index in [2.05, 4.69) is 51.5 Å². The summed E-state index contributed by atoms with van der Waals surface area (Å²) in [4.78, 5) is 34.9. The van der Waals surface area contributed by atoms with Gasteiger partial charge in [0.25, 0.3) is 0 Å². The fourth-order valence-electron chi connectivity index (χ4n) is 3.91. The maximum Gasteiger partial charge on any atom is 0.231 e. The van der Waals surface area contributed by atoms with Gasteiger partial charge in [0.05, 0.1) is 11.1 Å². The van der Waals surface area contributed by atoms with Crippen LogP contribution in [-0.2, 0) is 20.4 Å². The molecule has 1 aliphatic rings. The Morgan fingerprint density at radius 2 is 1.00 bits per heavy atom. The zero-order chi connectivity index (χ0) is 24.4. The molecule has 6 nitrogen and oxygen atoms in total. The number of hydrogen-bond acceptors (Lipinski definition) is 6. The molecule has 2 heterocycles. The summed E-state index contributed by atoms with van der Waals surface area (Å²) in [6.45, 7) is 12.7. The first-order valence-electron chi connectivity index (χ1n) is 11.2. The fraction of sp³-hybridized carbons (Fsp3) is 0.286. The van der Waals surface area contributed by atoms with Gasteiger partial charge >= 0.3 is 0 Å². The standard InChI is InChI=1S/C28H26N2O4/c1-27(2,3)15-7-9-23-19(11-15)29-25(33-23)17-13-22(32)18(14-21(17)31)26-30-20-12-16(28(4,5)6)8-10-24(20)34-26/h7-14H,1-6H3. The van der Waals surface area contributed by atoms with Crippen LogP contribution in [0.3, 0.4) is 0 Å². The highest BCUT2D eigenvalue weighted by molar-refractivity contribution is 6.43. The molecule has 0 fully saturated rings. The van der Waals surface area contributed by atoms with Crippen molar-refractivity contribution in [2.75, 3.05) is 0 Å². The minimum Gasteiger partial charge on any atom is -0.436 e. The average Bonchev–Trinajstić information content (AvgIpc) is 3.36. The quantitative estimate of drug-likeness (QED) is 0.336. The number of nitrogens with zero attached hydrogens (tertiary/aromatic N) is 2. The van der Waals surface area contributed by atoms with Gasteiger partial charge in [-0.15, -0.1) is 0 Å². The zero-order valence-electron chi connectivity index (χ0n) is 20.1. The molecule has 0 amide bonds. The molecule has 0 saturated carbocycles. The molecule has 5 rings (SSSR count). The smallest absolute Gasteiger partial charge is 0.231 e. The van der Waals surface area contributed by atoms with Crippen molar-refractivity contribution in [1.29, 1.82) is 0 Å². The lowest BCUT2D eigenvalue weighted by atomic mass is 9.87. The van der Waals surface area contributed by atoms with Crippen LogP contribution >= 0.6 is 0 Å². The molecule has 0 atom stereocenters. The van der Waals surface area contributed by atoms with E-state index in [0.717, 1.165) is 11.1 Å². The Balaban J connectivity index is 1.48. The van der Waals surface area contributed by atoms with Crippen molar-refractivity contribution in [2.45, 2.75) is 52.4 Å². The molecule has 34 heavy (non-hydrogen) atoms. The molecule has 0 unspecified atom stereocenters. The number of benzene rings is 2. The minimum absolute atomic E-state index is 0.0476. The predicted molar refractivity (Wildman–Crippen MR) is 131 cm³/mol. The Hall–Kier alpha value is -3.80. The van der Waals surface area contributed by atoms with Crippen LogP contribution in [0.25, 0.3) is 33.3 Å². The molecule has 4 aromatic rings. The summed E-state index contributed by atoms with van der Waals surface area (Å²) >= 11 is 0. The zero-order valence-corrected chi connectivity index (χ0v) is 20.1. The SMILES string of the molecule is CC(C)(C)c1ccc2oc(C3=CC(=O)C(c4nc5cc(C(C)(C)C)ccc5o4)=CC3=O)nc2c1. The third-order valence-electron chi connectivity index (χ3n) is 6.05. The molecule has 0 aliphatic heterocycles. The Morgan fingerprint density at radius 3 is 1.35 bits per heavy atom. The number of rotatable bonds is 2. The average molecular weight is 455 g/mol. The van der Waals surface area contributed by atoms with Crippen molar-refractivity contribution in [1.82, 2.24) is 9.97 Å². The van der Waals surface area contributed by atoms with Gasteiger partial charge in [-0.2, -0.15) is 0 Å². The van der Waals surface area contributed by atoms with Gasteiger partial charge in [0.15, 0.2) is 22.7 Å². The number of carbonyl (C=O) groups is 2. The molecule has 2 aromatic carbocycles. The predicted octanol–water partition coefficient (Wildman–Crippen LogP) is 6.18. The Bertz CT molecular complexity index is 1430. The number of fused-ring (bicyclic) bond motifs is 2. The number of allylic oxidation sites excluding steroid dienone is 4. The van der Waals surface area contributed by atoms with E-state index in [1.807, 2.05) is 36.4 Å². The third-order valence-corrected chi connectivity index (χ3v) is 6.05. The van der Waals surface area contributed by atoms with E-state index in [-0.39, 0.29) is 45.3 Å². The van der Waals surface area contributed by atoms with E-state index in [9.17, 15) is 9.59 Å². The van der Waals surface area contributed by atoms with E-state index < -0.39 is 0 Å². The summed E-state index contributed by atoms with van der Waals surface area (Å²) in [5.74, 6) is -0.506. The van der Waals surface area contributed by atoms with Crippen LogP contribution in [-0.4, -0.2) is 21.5 Å². The molecule has 2 aromatic heterocycles. The topological polar surface area (TPSA) is 86.2 Å². The van der Waals surface area contributed by atoms with Crippen LogP contribution in [0.1, 0.15) is 64.5 Å². The molecule has 0 spiro atoms. The van der Waals surface area contributed by atoms with Crippen molar-refractivity contribution >= 4 is 44.9 Å². The van der Waals surface area contributed by atoms with E-state index in [1.165, 1.54) is 12.2 Å². The fourth-order valence-corrected chi connectivity index (χ4v) is 3.91.